The minimum absolute atomic E-state index is 0.0465. The molecule has 1 saturated carbocycles. The van der Waals surface area contributed by atoms with Crippen molar-refractivity contribution in [3.63, 3.8) is 0 Å². The molecule has 1 aromatic rings. The average molecular weight is 329 g/mol. The first-order chi connectivity index (χ1) is 11.5. The van der Waals surface area contributed by atoms with Crippen LogP contribution in [-0.4, -0.2) is 23.4 Å². The maximum Gasteiger partial charge on any atom is 0.256 e. The van der Waals surface area contributed by atoms with Crippen molar-refractivity contribution in [1.82, 2.24) is 10.2 Å². The third kappa shape index (κ3) is 3.23. The van der Waals surface area contributed by atoms with Crippen LogP contribution in [0, 0.1) is 17.8 Å². The van der Waals surface area contributed by atoms with Gasteiger partial charge in [0.2, 0.25) is 0 Å². The van der Waals surface area contributed by atoms with E-state index < -0.39 is 0 Å². The van der Waals surface area contributed by atoms with Crippen LogP contribution in [0.3, 0.4) is 0 Å². The van der Waals surface area contributed by atoms with Gasteiger partial charge in [0.25, 0.3) is 5.91 Å². The zero-order valence-electron chi connectivity index (χ0n) is 15.6. The minimum atomic E-state index is 0.0465. The summed E-state index contributed by atoms with van der Waals surface area (Å²) in [5.74, 6) is 2.15. The summed E-state index contributed by atoms with van der Waals surface area (Å²) in [5, 5.41) is 3.69. The van der Waals surface area contributed by atoms with E-state index in [2.05, 4.69) is 50.0 Å². The molecule has 4 atom stereocenters. The van der Waals surface area contributed by atoms with Gasteiger partial charge in [-0.3, -0.25) is 10.1 Å². The van der Waals surface area contributed by atoms with Crippen LogP contribution in [0.5, 0.6) is 0 Å². The minimum Gasteiger partial charge on any atom is -0.316 e. The van der Waals surface area contributed by atoms with Gasteiger partial charge in [0, 0.05) is 17.2 Å². The van der Waals surface area contributed by atoms with E-state index in [-0.39, 0.29) is 12.1 Å². The van der Waals surface area contributed by atoms with E-state index >= 15 is 0 Å². The summed E-state index contributed by atoms with van der Waals surface area (Å²) in [7, 11) is 0. The lowest BCUT2D eigenvalue weighted by Crippen LogP contribution is -2.49. The van der Waals surface area contributed by atoms with Gasteiger partial charge in [-0.2, -0.15) is 0 Å². The van der Waals surface area contributed by atoms with E-state index in [1.807, 2.05) is 12.1 Å². The second kappa shape index (κ2) is 7.26. The van der Waals surface area contributed by atoms with Crippen molar-refractivity contribution in [2.45, 2.75) is 65.6 Å². The summed E-state index contributed by atoms with van der Waals surface area (Å²) in [5.41, 5.74) is 2.06. The van der Waals surface area contributed by atoms with Gasteiger partial charge in [0.1, 0.15) is 6.17 Å². The summed E-state index contributed by atoms with van der Waals surface area (Å²) in [6.45, 7) is 10.1. The van der Waals surface area contributed by atoms with E-state index in [1.165, 1.54) is 12.8 Å². The van der Waals surface area contributed by atoms with Crippen LogP contribution in [-0.2, 0) is 0 Å². The van der Waals surface area contributed by atoms with Crippen molar-refractivity contribution < 1.29 is 4.79 Å². The quantitative estimate of drug-likeness (QED) is 0.856. The largest absolute Gasteiger partial charge is 0.316 e. The predicted octanol–water partition coefficient (Wildman–Crippen LogP) is 4.60. The Labute approximate surface area is 146 Å². The highest BCUT2D eigenvalue weighted by atomic mass is 16.2. The summed E-state index contributed by atoms with van der Waals surface area (Å²) < 4.78 is 0. The Hall–Kier alpha value is -1.35. The first-order valence-electron chi connectivity index (χ1n) is 9.65. The van der Waals surface area contributed by atoms with E-state index in [0.29, 0.717) is 23.8 Å². The van der Waals surface area contributed by atoms with Gasteiger partial charge in [0.15, 0.2) is 0 Å². The molecular weight excluding hydrogens is 296 g/mol. The SMILES string of the molecule is CC(C)CCN[C@@H]1c2ccccc2C(=O)N1[C@@H]1CCC[C@@H](C)[C@H]1C. The first-order valence-corrected chi connectivity index (χ1v) is 9.65. The highest BCUT2D eigenvalue weighted by Gasteiger charge is 2.43. The number of carbonyl (C=O) groups is 1. The van der Waals surface area contributed by atoms with E-state index in [0.717, 1.165) is 30.5 Å². The maximum atomic E-state index is 13.1. The Morgan fingerprint density at radius 1 is 1.21 bits per heavy atom. The summed E-state index contributed by atoms with van der Waals surface area (Å²) in [6.07, 6.45) is 4.84. The molecule has 1 heterocycles. The number of nitrogens with one attached hydrogen (secondary N) is 1. The molecule has 0 bridgehead atoms. The van der Waals surface area contributed by atoms with Gasteiger partial charge in [-0.25, -0.2) is 0 Å². The monoisotopic (exact) mass is 328 g/mol. The van der Waals surface area contributed by atoms with Gasteiger partial charge in [-0.15, -0.1) is 0 Å². The number of hydrogen-bond donors (Lipinski definition) is 1. The molecule has 0 unspecified atom stereocenters. The number of hydrogen-bond acceptors (Lipinski definition) is 2. The van der Waals surface area contributed by atoms with Crippen LogP contribution in [0.2, 0.25) is 0 Å². The molecule has 3 heteroatoms. The van der Waals surface area contributed by atoms with Crippen molar-refractivity contribution >= 4 is 5.91 Å². The van der Waals surface area contributed by atoms with Gasteiger partial charge in [0.05, 0.1) is 0 Å². The highest BCUT2D eigenvalue weighted by Crippen LogP contribution is 2.41. The fraction of sp³-hybridized carbons (Fsp3) is 0.667. The van der Waals surface area contributed by atoms with Crippen LogP contribution < -0.4 is 5.32 Å². The Kier molecular flexibility index (Phi) is 5.29. The highest BCUT2D eigenvalue weighted by molar-refractivity contribution is 5.99. The molecular formula is C21H32N2O. The molecule has 0 radical (unpaired) electrons. The fourth-order valence-electron chi connectivity index (χ4n) is 4.34. The Morgan fingerprint density at radius 2 is 1.96 bits per heavy atom. The van der Waals surface area contributed by atoms with E-state index in [1.54, 1.807) is 0 Å². The number of amides is 1. The zero-order chi connectivity index (χ0) is 17.3. The topological polar surface area (TPSA) is 32.3 Å². The van der Waals surface area contributed by atoms with E-state index in [9.17, 15) is 4.79 Å². The molecule has 2 aliphatic rings. The number of rotatable bonds is 5. The number of benzene rings is 1. The number of fused-ring (bicyclic) bond motifs is 1. The molecule has 0 aromatic heterocycles. The molecule has 24 heavy (non-hydrogen) atoms. The second-order valence-electron chi connectivity index (χ2n) is 8.17. The summed E-state index contributed by atoms with van der Waals surface area (Å²) in [4.78, 5) is 15.3. The van der Waals surface area contributed by atoms with Gasteiger partial charge >= 0.3 is 0 Å². The molecule has 3 nitrogen and oxygen atoms in total. The fourth-order valence-corrected chi connectivity index (χ4v) is 4.34. The lowest BCUT2D eigenvalue weighted by atomic mass is 9.77. The Balaban J connectivity index is 1.86. The standard InChI is InChI=1S/C21H32N2O/c1-14(2)12-13-22-20-17-9-5-6-10-18(17)21(24)23(20)19-11-7-8-15(3)16(19)4/h5-6,9-10,14-16,19-20,22H,7-8,11-13H2,1-4H3/t15-,16-,19-,20+/m1/s1. The lowest BCUT2D eigenvalue weighted by Gasteiger charge is -2.42. The van der Waals surface area contributed by atoms with Crippen LogP contribution in [0.25, 0.3) is 0 Å². The molecule has 0 saturated heterocycles. The lowest BCUT2D eigenvalue weighted by molar-refractivity contribution is 0.0319. The molecule has 1 aliphatic heterocycles. The Morgan fingerprint density at radius 3 is 2.71 bits per heavy atom. The summed E-state index contributed by atoms with van der Waals surface area (Å²) in [6, 6.07) is 8.51. The van der Waals surface area contributed by atoms with Crippen LogP contribution in [0.1, 0.15) is 75.5 Å². The van der Waals surface area contributed by atoms with Crippen molar-refractivity contribution in [2.24, 2.45) is 17.8 Å². The van der Waals surface area contributed by atoms with E-state index in [4.69, 9.17) is 0 Å². The van der Waals surface area contributed by atoms with Crippen LogP contribution in [0.15, 0.2) is 24.3 Å². The summed E-state index contributed by atoms with van der Waals surface area (Å²) >= 11 is 0. The molecule has 1 fully saturated rings. The zero-order valence-corrected chi connectivity index (χ0v) is 15.6. The molecule has 1 N–H and O–H groups in total. The van der Waals surface area contributed by atoms with Crippen molar-refractivity contribution in [3.05, 3.63) is 35.4 Å². The van der Waals surface area contributed by atoms with Gasteiger partial charge in [-0.1, -0.05) is 58.7 Å². The van der Waals surface area contributed by atoms with Crippen molar-refractivity contribution in [2.75, 3.05) is 6.54 Å². The molecule has 132 valence electrons. The molecule has 1 amide bonds. The first kappa shape index (κ1) is 17.5. The van der Waals surface area contributed by atoms with Crippen LogP contribution >= 0.6 is 0 Å². The third-order valence-electron chi connectivity index (χ3n) is 6.08. The second-order valence-corrected chi connectivity index (χ2v) is 8.17. The molecule has 3 rings (SSSR count). The van der Waals surface area contributed by atoms with Crippen molar-refractivity contribution in [3.8, 4) is 0 Å². The normalized spacial score (nSPS) is 30.0. The third-order valence-corrected chi connectivity index (χ3v) is 6.08. The molecule has 0 spiro atoms. The number of carbonyl (C=O) groups excluding carboxylic acids is 1. The molecule has 1 aliphatic carbocycles. The van der Waals surface area contributed by atoms with Gasteiger partial charge < -0.3 is 4.90 Å². The maximum absolute atomic E-state index is 13.1. The predicted molar refractivity (Wildman–Crippen MR) is 98.8 cm³/mol. The number of nitrogens with zero attached hydrogens (tertiary/aromatic N) is 1. The molecule has 1 aromatic carbocycles. The Bertz CT molecular complexity index is 583. The smallest absolute Gasteiger partial charge is 0.256 e. The van der Waals surface area contributed by atoms with Gasteiger partial charge in [-0.05, 0) is 43.2 Å². The van der Waals surface area contributed by atoms with Crippen molar-refractivity contribution in [1.29, 1.82) is 0 Å². The van der Waals surface area contributed by atoms with Crippen LogP contribution in [0.4, 0.5) is 0 Å². The average Bonchev–Trinajstić information content (AvgIpc) is 2.83.